The van der Waals surface area contributed by atoms with Gasteiger partial charge in [-0.1, -0.05) is 12.1 Å². The first-order valence-corrected chi connectivity index (χ1v) is 7.21. The normalized spacial score (nSPS) is 11.0. The van der Waals surface area contributed by atoms with Gasteiger partial charge in [0.2, 0.25) is 0 Å². The zero-order chi connectivity index (χ0) is 17.0. The van der Waals surface area contributed by atoms with E-state index in [1.54, 1.807) is 21.1 Å². The van der Waals surface area contributed by atoms with E-state index in [4.69, 9.17) is 9.47 Å². The smallest absolute Gasteiger partial charge is 0.161 e. The van der Waals surface area contributed by atoms with Crippen LogP contribution < -0.4 is 9.47 Å². The Balaban J connectivity index is 2.39. The molecule has 122 valence electrons. The van der Waals surface area contributed by atoms with Crippen molar-refractivity contribution in [3.8, 4) is 17.2 Å². The molecule has 1 aromatic heterocycles. The molecule has 5 nitrogen and oxygen atoms in total. The topological polar surface area (TPSA) is 71.8 Å². The fourth-order valence-electron chi connectivity index (χ4n) is 2.36. The molecule has 0 bridgehead atoms. The van der Waals surface area contributed by atoms with Gasteiger partial charge in [-0.25, -0.2) is 4.98 Å². The van der Waals surface area contributed by atoms with E-state index in [2.05, 4.69) is 4.98 Å². The van der Waals surface area contributed by atoms with Gasteiger partial charge in [-0.3, -0.25) is 0 Å². The molecule has 2 aromatic rings. The van der Waals surface area contributed by atoms with Crippen LogP contribution in [-0.4, -0.2) is 29.4 Å². The summed E-state index contributed by atoms with van der Waals surface area (Å²) in [5.74, 6) is 1.37. The van der Waals surface area contributed by atoms with Gasteiger partial charge in [0.05, 0.1) is 32.2 Å². The molecule has 0 aliphatic rings. The van der Waals surface area contributed by atoms with Crippen LogP contribution in [0.15, 0.2) is 18.2 Å². The Morgan fingerprint density at radius 3 is 2.39 bits per heavy atom. The van der Waals surface area contributed by atoms with Crippen LogP contribution in [0.2, 0.25) is 0 Å². The number of ether oxygens (including phenoxy) is 2. The highest BCUT2D eigenvalue weighted by molar-refractivity contribution is 5.71. The van der Waals surface area contributed by atoms with Gasteiger partial charge in [-0.2, -0.15) is 0 Å². The number of pyridine rings is 1. The van der Waals surface area contributed by atoms with Gasteiger partial charge >= 0.3 is 0 Å². The van der Waals surface area contributed by atoms with E-state index in [9.17, 15) is 10.2 Å². The Morgan fingerprint density at radius 1 is 1.09 bits per heavy atom. The largest absolute Gasteiger partial charge is 0.506 e. The summed E-state index contributed by atoms with van der Waals surface area (Å²) in [5.41, 5.74) is 3.39. The number of aromatic hydroxyl groups is 1. The molecule has 1 heterocycles. The Kier molecular flexibility index (Phi) is 5.24. The second kappa shape index (κ2) is 7.15. The van der Waals surface area contributed by atoms with Crippen LogP contribution in [-0.2, 0) is 6.61 Å². The molecule has 2 N–H and O–H groups in total. The minimum absolute atomic E-state index is 0.0493. The second-order valence-electron chi connectivity index (χ2n) is 5.14. The highest BCUT2D eigenvalue weighted by Crippen LogP contribution is 2.29. The Bertz CT molecular complexity index is 738. The van der Waals surface area contributed by atoms with Crippen molar-refractivity contribution in [3.05, 3.63) is 46.3 Å². The highest BCUT2D eigenvalue weighted by Gasteiger charge is 2.12. The van der Waals surface area contributed by atoms with Crippen LogP contribution in [0.3, 0.4) is 0 Å². The van der Waals surface area contributed by atoms with E-state index in [0.717, 1.165) is 11.1 Å². The summed E-state index contributed by atoms with van der Waals surface area (Å²) in [6.07, 6.45) is 3.75. The van der Waals surface area contributed by atoms with Crippen molar-refractivity contribution < 1.29 is 19.7 Å². The van der Waals surface area contributed by atoms with Gasteiger partial charge in [0.1, 0.15) is 5.75 Å². The molecule has 23 heavy (non-hydrogen) atoms. The minimum Gasteiger partial charge on any atom is -0.506 e. The lowest BCUT2D eigenvalue weighted by Gasteiger charge is -2.11. The number of hydrogen-bond acceptors (Lipinski definition) is 5. The van der Waals surface area contributed by atoms with Crippen LogP contribution in [0.25, 0.3) is 12.2 Å². The average Bonchev–Trinajstić information content (AvgIpc) is 2.57. The molecule has 0 aliphatic heterocycles. The van der Waals surface area contributed by atoms with Crippen LogP contribution in [0, 0.1) is 13.8 Å². The molecule has 0 saturated carbocycles. The van der Waals surface area contributed by atoms with Gasteiger partial charge in [0.15, 0.2) is 11.5 Å². The molecule has 5 heteroatoms. The number of rotatable bonds is 5. The summed E-state index contributed by atoms with van der Waals surface area (Å²) in [5, 5.41) is 19.4. The summed E-state index contributed by atoms with van der Waals surface area (Å²) in [7, 11) is 3.18. The molecule has 0 aliphatic carbocycles. The Labute approximate surface area is 135 Å². The van der Waals surface area contributed by atoms with Crippen molar-refractivity contribution in [2.45, 2.75) is 20.5 Å². The first-order chi connectivity index (χ1) is 11.0. The van der Waals surface area contributed by atoms with E-state index in [1.165, 1.54) is 0 Å². The van der Waals surface area contributed by atoms with Crippen LogP contribution in [0.5, 0.6) is 17.2 Å². The lowest BCUT2D eigenvalue weighted by molar-refractivity contribution is 0.274. The van der Waals surface area contributed by atoms with Crippen molar-refractivity contribution in [1.29, 1.82) is 0 Å². The molecule has 0 spiro atoms. The molecular weight excluding hydrogens is 294 g/mol. The first-order valence-electron chi connectivity index (χ1n) is 7.21. The van der Waals surface area contributed by atoms with E-state index in [0.29, 0.717) is 28.5 Å². The summed E-state index contributed by atoms with van der Waals surface area (Å²) < 4.78 is 10.5. The maximum absolute atomic E-state index is 9.94. The average molecular weight is 315 g/mol. The van der Waals surface area contributed by atoms with E-state index in [1.807, 2.05) is 37.3 Å². The maximum Gasteiger partial charge on any atom is 0.161 e. The van der Waals surface area contributed by atoms with E-state index < -0.39 is 0 Å². The minimum atomic E-state index is -0.224. The van der Waals surface area contributed by atoms with Crippen molar-refractivity contribution >= 4 is 12.2 Å². The van der Waals surface area contributed by atoms with Crippen molar-refractivity contribution in [1.82, 2.24) is 4.98 Å². The van der Waals surface area contributed by atoms with Gasteiger partial charge in [0.25, 0.3) is 0 Å². The van der Waals surface area contributed by atoms with Gasteiger partial charge in [-0.15, -0.1) is 0 Å². The maximum atomic E-state index is 9.94. The lowest BCUT2D eigenvalue weighted by atomic mass is 10.0. The number of methoxy groups -OCH3 is 2. The summed E-state index contributed by atoms with van der Waals surface area (Å²) >= 11 is 0. The molecule has 0 saturated heterocycles. The van der Waals surface area contributed by atoms with Crippen LogP contribution in [0.4, 0.5) is 0 Å². The number of aryl methyl sites for hydroxylation is 1. The zero-order valence-corrected chi connectivity index (χ0v) is 13.8. The van der Waals surface area contributed by atoms with Crippen LogP contribution >= 0.6 is 0 Å². The number of benzene rings is 1. The zero-order valence-electron chi connectivity index (χ0n) is 13.8. The number of aliphatic hydroxyl groups excluding tert-OH is 1. The molecule has 0 amide bonds. The standard InChI is InChI=1S/C18H21NO4/c1-11-14(10-20)18(21)12(2)19-15(11)7-5-13-6-8-16(22-3)17(9-13)23-4/h5-9,20-21H,10H2,1-4H3/b7-5+. The first kappa shape index (κ1) is 16.8. The fraction of sp³-hybridized carbons (Fsp3) is 0.278. The van der Waals surface area contributed by atoms with E-state index in [-0.39, 0.29) is 12.4 Å². The molecular formula is C18H21NO4. The summed E-state index contributed by atoms with van der Waals surface area (Å²) in [6, 6.07) is 5.61. The van der Waals surface area contributed by atoms with Gasteiger partial charge in [0, 0.05) is 5.56 Å². The fourth-order valence-corrected chi connectivity index (χ4v) is 2.36. The number of aliphatic hydroxyl groups is 1. The van der Waals surface area contributed by atoms with Gasteiger partial charge < -0.3 is 19.7 Å². The third kappa shape index (κ3) is 3.46. The molecule has 0 unspecified atom stereocenters. The Hall–Kier alpha value is -2.53. The molecule has 2 rings (SSSR count). The molecule has 0 radical (unpaired) electrons. The lowest BCUT2D eigenvalue weighted by Crippen LogP contribution is -1.99. The van der Waals surface area contributed by atoms with Crippen molar-refractivity contribution in [3.63, 3.8) is 0 Å². The van der Waals surface area contributed by atoms with Crippen molar-refractivity contribution in [2.75, 3.05) is 14.2 Å². The molecule has 0 atom stereocenters. The highest BCUT2D eigenvalue weighted by atomic mass is 16.5. The third-order valence-electron chi connectivity index (χ3n) is 3.75. The quantitative estimate of drug-likeness (QED) is 0.887. The number of hydrogen-bond donors (Lipinski definition) is 2. The SMILES string of the molecule is COc1ccc(/C=C/c2nc(C)c(O)c(CO)c2C)cc1OC. The third-order valence-corrected chi connectivity index (χ3v) is 3.75. The summed E-state index contributed by atoms with van der Waals surface area (Å²) in [6.45, 7) is 3.31. The van der Waals surface area contributed by atoms with Crippen molar-refractivity contribution in [2.24, 2.45) is 0 Å². The molecule has 1 aromatic carbocycles. The van der Waals surface area contributed by atoms with Crippen LogP contribution in [0.1, 0.15) is 28.1 Å². The van der Waals surface area contributed by atoms with E-state index >= 15 is 0 Å². The monoisotopic (exact) mass is 315 g/mol. The predicted molar refractivity (Wildman–Crippen MR) is 89.8 cm³/mol. The predicted octanol–water partition coefficient (Wildman–Crippen LogP) is 3.08. The number of aromatic nitrogens is 1. The van der Waals surface area contributed by atoms with Gasteiger partial charge in [-0.05, 0) is 43.2 Å². The number of nitrogens with zero attached hydrogens (tertiary/aromatic N) is 1. The second-order valence-corrected chi connectivity index (χ2v) is 5.14. The summed E-state index contributed by atoms with van der Waals surface area (Å²) in [4.78, 5) is 4.37. The molecule has 0 fully saturated rings. The Morgan fingerprint density at radius 2 is 1.78 bits per heavy atom.